The molecule has 4 heterocycles. The lowest BCUT2D eigenvalue weighted by atomic mass is 9.92. The number of ether oxygens (including phenoxy) is 1. The quantitative estimate of drug-likeness (QED) is 0.666. The van der Waals surface area contributed by atoms with Gasteiger partial charge in [0, 0.05) is 24.3 Å². The number of nitrogens with zero attached hydrogens (tertiary/aromatic N) is 6. The highest BCUT2D eigenvalue weighted by Crippen LogP contribution is 2.57. The minimum Gasteiger partial charge on any atom is -0.444 e. The predicted molar refractivity (Wildman–Crippen MR) is 131 cm³/mol. The lowest BCUT2D eigenvalue weighted by molar-refractivity contribution is -0.121. The fraction of sp³-hybridized carbons (Fsp3) is 0.640. The van der Waals surface area contributed by atoms with Gasteiger partial charge in [-0.25, -0.2) is 9.78 Å². The summed E-state index contributed by atoms with van der Waals surface area (Å²) in [5.74, 6) is 1.13. The molecule has 2 atom stereocenters. The van der Waals surface area contributed by atoms with Crippen LogP contribution in [0.5, 0.6) is 0 Å². The molecular weight excluding hydrogens is 462 g/mol. The monoisotopic (exact) mass is 495 g/mol. The number of carbonyl (C=O) groups is 2. The summed E-state index contributed by atoms with van der Waals surface area (Å²) in [7, 11) is 0. The fourth-order valence-corrected chi connectivity index (χ4v) is 5.67. The Kier molecular flexibility index (Phi) is 5.26. The van der Waals surface area contributed by atoms with E-state index in [1.165, 1.54) is 0 Å². The van der Waals surface area contributed by atoms with Gasteiger partial charge in [-0.3, -0.25) is 14.4 Å². The highest BCUT2D eigenvalue weighted by molar-refractivity contribution is 6.09. The van der Waals surface area contributed by atoms with Crippen LogP contribution in [0.3, 0.4) is 0 Å². The van der Waals surface area contributed by atoms with Crippen molar-refractivity contribution < 1.29 is 19.4 Å². The molecule has 0 saturated heterocycles. The Balaban J connectivity index is 1.26. The van der Waals surface area contributed by atoms with E-state index < -0.39 is 11.0 Å². The zero-order valence-electron chi connectivity index (χ0n) is 21.0. The summed E-state index contributed by atoms with van der Waals surface area (Å²) in [6, 6.07) is -0.0472. The van der Waals surface area contributed by atoms with Gasteiger partial charge in [-0.1, -0.05) is 0 Å². The number of amides is 2. The van der Waals surface area contributed by atoms with Crippen molar-refractivity contribution >= 4 is 29.5 Å². The number of carbonyl (C=O) groups excluding carboxylic acids is 2. The Hall–Kier alpha value is -3.21. The molecule has 2 fully saturated rings. The average molecular weight is 496 g/mol. The second-order valence-electron chi connectivity index (χ2n) is 11.4. The molecule has 0 bridgehead atoms. The number of aromatic nitrogens is 4. The molecule has 2 saturated carbocycles. The summed E-state index contributed by atoms with van der Waals surface area (Å²) in [6.45, 7) is 7.00. The summed E-state index contributed by atoms with van der Waals surface area (Å²) in [5, 5.41) is 18.0. The Bertz CT molecular complexity index is 1220. The molecule has 4 aliphatic rings. The maximum absolute atomic E-state index is 13.5. The van der Waals surface area contributed by atoms with Crippen molar-refractivity contribution in [2.45, 2.75) is 95.5 Å². The molecule has 2 amide bonds. The molecule has 2 aliphatic heterocycles. The zero-order valence-corrected chi connectivity index (χ0v) is 21.0. The van der Waals surface area contributed by atoms with E-state index in [9.17, 15) is 14.7 Å². The van der Waals surface area contributed by atoms with Gasteiger partial charge in [-0.15, -0.1) is 0 Å². The van der Waals surface area contributed by atoms with Gasteiger partial charge in [0.25, 0.3) is 0 Å². The van der Waals surface area contributed by atoms with Gasteiger partial charge in [-0.2, -0.15) is 10.1 Å². The van der Waals surface area contributed by atoms with Crippen molar-refractivity contribution in [1.82, 2.24) is 24.6 Å². The molecule has 6 rings (SSSR count). The number of aliphatic hydroxyl groups is 1. The van der Waals surface area contributed by atoms with Crippen molar-refractivity contribution in [3.05, 3.63) is 23.7 Å². The first-order valence-corrected chi connectivity index (χ1v) is 12.8. The minimum absolute atomic E-state index is 0.0472. The Morgan fingerprint density at radius 1 is 1.22 bits per heavy atom. The molecule has 0 unspecified atom stereocenters. The molecule has 192 valence electrons. The lowest BCUT2D eigenvalue weighted by Gasteiger charge is -2.33. The second-order valence-corrected chi connectivity index (χ2v) is 11.4. The normalized spacial score (nSPS) is 24.5. The first-order chi connectivity index (χ1) is 17.1. The fourth-order valence-electron chi connectivity index (χ4n) is 5.67. The third kappa shape index (κ3) is 3.89. The molecule has 0 aromatic carbocycles. The van der Waals surface area contributed by atoms with Gasteiger partial charge in [-0.05, 0) is 59.3 Å². The van der Waals surface area contributed by atoms with Crippen LogP contribution < -0.4 is 10.2 Å². The van der Waals surface area contributed by atoms with E-state index in [0.29, 0.717) is 43.5 Å². The number of hydrogen-bond acceptors (Lipinski definition) is 8. The predicted octanol–water partition coefficient (Wildman–Crippen LogP) is 2.85. The second kappa shape index (κ2) is 8.16. The molecule has 11 nitrogen and oxygen atoms in total. The van der Waals surface area contributed by atoms with Gasteiger partial charge < -0.3 is 20.1 Å². The zero-order chi connectivity index (χ0) is 25.2. The van der Waals surface area contributed by atoms with Crippen molar-refractivity contribution in [3.63, 3.8) is 0 Å². The molecule has 0 radical (unpaired) electrons. The number of hydrogen-bond donors (Lipinski definition) is 2. The number of nitrogens with one attached hydrogen (secondary N) is 1. The minimum atomic E-state index is -0.565. The van der Waals surface area contributed by atoms with Crippen molar-refractivity contribution in [2.75, 3.05) is 16.8 Å². The highest BCUT2D eigenvalue weighted by atomic mass is 16.6. The molecule has 36 heavy (non-hydrogen) atoms. The van der Waals surface area contributed by atoms with Gasteiger partial charge >= 0.3 is 6.09 Å². The van der Waals surface area contributed by atoms with Crippen LogP contribution in [0.4, 0.5) is 22.2 Å². The molecule has 1 spiro atoms. The van der Waals surface area contributed by atoms with Gasteiger partial charge in [0.1, 0.15) is 11.4 Å². The van der Waals surface area contributed by atoms with E-state index >= 15 is 0 Å². The van der Waals surface area contributed by atoms with Crippen molar-refractivity contribution in [2.24, 2.45) is 0 Å². The average Bonchev–Trinajstić information content (AvgIpc) is 3.48. The first kappa shape index (κ1) is 23.2. The van der Waals surface area contributed by atoms with Crippen LogP contribution in [-0.2, 0) is 28.0 Å². The Morgan fingerprint density at radius 3 is 2.75 bits per heavy atom. The number of aliphatic hydroxyl groups excluding tert-OH is 1. The molecule has 11 heteroatoms. The summed E-state index contributed by atoms with van der Waals surface area (Å²) in [6.07, 6.45) is 7.50. The lowest BCUT2D eigenvalue weighted by Crippen LogP contribution is -2.44. The molecule has 2 aromatic rings. The van der Waals surface area contributed by atoms with E-state index in [-0.39, 0.29) is 24.1 Å². The Labute approximate surface area is 209 Å². The summed E-state index contributed by atoms with van der Waals surface area (Å²) in [5.41, 5.74) is 1.41. The number of anilines is 3. The SMILES string of the molecule is CC(C)(C)OC(=O)N1CCn2ncc(Nc3ncc4c(n3)N([C@@H]3CCC[C@@H](O)C3)C(=O)C43CC3)c2C1. The standard InChI is InChI=1S/C25H33N7O4/c1-24(2,3)36-23(35)30-9-10-31-19(14-30)18(13-27-31)28-22-26-12-17-20(29-22)32(21(34)25(17)7-8-25)15-5-4-6-16(33)11-15/h12-13,15-16,33H,4-11,14H2,1-3H3,(H,26,28,29)/t15-,16-/m1/s1. The third-order valence-corrected chi connectivity index (χ3v) is 7.64. The molecule has 2 aromatic heterocycles. The van der Waals surface area contributed by atoms with E-state index in [4.69, 9.17) is 9.72 Å². The van der Waals surface area contributed by atoms with Crippen LogP contribution >= 0.6 is 0 Å². The number of rotatable bonds is 3. The smallest absolute Gasteiger partial charge is 0.410 e. The summed E-state index contributed by atoms with van der Waals surface area (Å²) < 4.78 is 7.42. The maximum Gasteiger partial charge on any atom is 0.410 e. The van der Waals surface area contributed by atoms with Gasteiger partial charge in [0.05, 0.1) is 42.2 Å². The van der Waals surface area contributed by atoms with Crippen molar-refractivity contribution in [1.29, 1.82) is 0 Å². The van der Waals surface area contributed by atoms with Gasteiger partial charge in [0.2, 0.25) is 11.9 Å². The van der Waals surface area contributed by atoms with Crippen LogP contribution in [0.1, 0.15) is 70.6 Å². The topological polar surface area (TPSA) is 126 Å². The van der Waals surface area contributed by atoms with Crippen LogP contribution in [0.15, 0.2) is 12.4 Å². The molecule has 2 aliphatic carbocycles. The van der Waals surface area contributed by atoms with Crippen LogP contribution in [0.25, 0.3) is 0 Å². The van der Waals surface area contributed by atoms with E-state index in [1.807, 2.05) is 30.4 Å². The van der Waals surface area contributed by atoms with Crippen LogP contribution in [0, 0.1) is 0 Å². The van der Waals surface area contributed by atoms with Gasteiger partial charge in [0.15, 0.2) is 0 Å². The maximum atomic E-state index is 13.5. The molecular formula is C25H33N7O4. The largest absolute Gasteiger partial charge is 0.444 e. The van der Waals surface area contributed by atoms with E-state index in [0.717, 1.165) is 43.4 Å². The third-order valence-electron chi connectivity index (χ3n) is 7.64. The van der Waals surface area contributed by atoms with E-state index in [1.54, 1.807) is 17.3 Å². The summed E-state index contributed by atoms with van der Waals surface area (Å²) in [4.78, 5) is 38.9. The van der Waals surface area contributed by atoms with E-state index in [2.05, 4.69) is 15.4 Å². The van der Waals surface area contributed by atoms with Crippen LogP contribution in [0.2, 0.25) is 0 Å². The Morgan fingerprint density at radius 2 is 2.03 bits per heavy atom. The first-order valence-electron chi connectivity index (χ1n) is 12.8. The molecule has 2 N–H and O–H groups in total. The van der Waals surface area contributed by atoms with Crippen LogP contribution in [-0.4, -0.2) is 66.0 Å². The van der Waals surface area contributed by atoms with Crippen molar-refractivity contribution in [3.8, 4) is 0 Å². The number of fused-ring (bicyclic) bond motifs is 3. The summed E-state index contributed by atoms with van der Waals surface area (Å²) >= 11 is 0. The highest BCUT2D eigenvalue weighted by Gasteiger charge is 2.61.